The largest absolute Gasteiger partial charge is 0.147 e. The van der Waals surface area contributed by atoms with Crippen molar-refractivity contribution in [2.45, 2.75) is 13.8 Å². The van der Waals surface area contributed by atoms with Crippen LogP contribution in [-0.2, 0) is 0 Å². The van der Waals surface area contributed by atoms with Crippen molar-refractivity contribution in [1.29, 1.82) is 0 Å². The van der Waals surface area contributed by atoms with Crippen molar-refractivity contribution < 1.29 is 0 Å². The molecule has 2 heteroatoms. The van der Waals surface area contributed by atoms with E-state index in [0.29, 0.717) is 0 Å². The Morgan fingerprint density at radius 2 is 1.86 bits per heavy atom. The average molecular weight is 141 g/mol. The summed E-state index contributed by atoms with van der Waals surface area (Å²) in [4.78, 5) is 0. The highest BCUT2D eigenvalue weighted by atomic mass is 35.5. The zero-order valence-electron chi connectivity index (χ0n) is 5.19. The molecule has 0 aromatic rings. The first-order valence-electron chi connectivity index (χ1n) is 2.42. The van der Waals surface area contributed by atoms with E-state index in [2.05, 4.69) is 20.5 Å². The Bertz CT molecular complexity index is 29.3. The van der Waals surface area contributed by atoms with Crippen molar-refractivity contribution >= 4 is 21.0 Å². The highest BCUT2D eigenvalue weighted by Gasteiger charge is 1.85. The fourth-order valence-corrected chi connectivity index (χ4v) is 1.22. The first-order chi connectivity index (χ1) is 2.77. The zero-order valence-corrected chi connectivity index (χ0v) is 7.01. The van der Waals surface area contributed by atoms with E-state index in [1.807, 2.05) is 0 Å². The van der Waals surface area contributed by atoms with Crippen molar-refractivity contribution in [2.75, 3.05) is 12.8 Å². The van der Waals surface area contributed by atoms with Gasteiger partial charge in [-0.25, -0.2) is 0 Å². The summed E-state index contributed by atoms with van der Waals surface area (Å²) in [6.07, 6.45) is 1.40. The van der Waals surface area contributed by atoms with Crippen LogP contribution in [0.3, 0.4) is 0 Å². The number of hydrogen-bond acceptors (Lipinski definition) is 0. The maximum absolute atomic E-state index is 2.26. The minimum Gasteiger partial charge on any atom is -0.147 e. The lowest BCUT2D eigenvalue weighted by Crippen LogP contribution is -1.85. The Morgan fingerprint density at radius 1 is 1.43 bits per heavy atom. The molecule has 0 bridgehead atoms. The molecule has 7 heavy (non-hydrogen) atoms. The summed E-state index contributed by atoms with van der Waals surface area (Å²) >= 11 is 0. The zero-order chi connectivity index (χ0) is 4.99. The Kier molecular flexibility index (Phi) is 10.2. The molecule has 0 radical (unpaired) electrons. The Balaban J connectivity index is 0. The van der Waals surface area contributed by atoms with Crippen LogP contribution in [0, 0.1) is 5.92 Å². The molecule has 0 amide bonds. The molecule has 0 saturated heterocycles. The molecule has 1 unspecified atom stereocenters. The lowest BCUT2D eigenvalue weighted by atomic mass is 10.3. The molecule has 0 rings (SSSR count). The first kappa shape index (κ1) is 10.7. The molecule has 0 aliphatic rings. The summed E-state index contributed by atoms with van der Waals surface area (Å²) in [6.45, 7) is 6.77. The summed E-state index contributed by atoms with van der Waals surface area (Å²) in [6, 6.07) is 0. The van der Waals surface area contributed by atoms with Gasteiger partial charge in [-0.05, 0) is 18.7 Å². The van der Waals surface area contributed by atoms with Crippen LogP contribution in [0.5, 0.6) is 0 Å². The Labute approximate surface area is 54.3 Å². The predicted octanol–water partition coefficient (Wildman–Crippen LogP) is 2.37. The third kappa shape index (κ3) is 10.8. The van der Waals surface area contributed by atoms with E-state index in [1.54, 1.807) is 0 Å². The van der Waals surface area contributed by atoms with Crippen LogP contribution in [0.25, 0.3) is 0 Å². The molecule has 46 valence electrons. The highest BCUT2D eigenvalue weighted by Crippen LogP contribution is 2.07. The third-order valence-corrected chi connectivity index (χ3v) is 1.84. The van der Waals surface area contributed by atoms with E-state index in [-0.39, 0.29) is 12.4 Å². The van der Waals surface area contributed by atoms with Gasteiger partial charge in [0.25, 0.3) is 0 Å². The van der Waals surface area contributed by atoms with Gasteiger partial charge in [-0.15, -0.1) is 21.0 Å². The molecule has 0 nitrogen and oxygen atoms in total. The lowest BCUT2D eigenvalue weighted by Gasteiger charge is -1.96. The minimum atomic E-state index is 0. The van der Waals surface area contributed by atoms with Gasteiger partial charge in [0.15, 0.2) is 0 Å². The van der Waals surface area contributed by atoms with E-state index in [4.69, 9.17) is 0 Å². The maximum Gasteiger partial charge on any atom is -0.0333 e. The highest BCUT2D eigenvalue weighted by molar-refractivity contribution is 7.36. The van der Waals surface area contributed by atoms with Gasteiger partial charge in [0.2, 0.25) is 0 Å². The van der Waals surface area contributed by atoms with Crippen molar-refractivity contribution in [2.24, 2.45) is 5.92 Å². The van der Waals surface area contributed by atoms with E-state index in [1.165, 1.54) is 6.16 Å². The topological polar surface area (TPSA) is 0 Å². The van der Waals surface area contributed by atoms with Gasteiger partial charge in [-0.1, -0.05) is 13.8 Å². The third-order valence-electron chi connectivity index (χ3n) is 0.612. The second kappa shape index (κ2) is 6.72. The van der Waals surface area contributed by atoms with Gasteiger partial charge in [-0.3, -0.25) is 0 Å². The molecule has 0 fully saturated rings. The standard InChI is InChI=1S/C5H13P.ClH/c1-5(2)4-6-3;/h5-6H,4H2,1-3H3;1H. The van der Waals surface area contributed by atoms with Gasteiger partial charge >= 0.3 is 0 Å². The van der Waals surface area contributed by atoms with Crippen molar-refractivity contribution in [3.63, 3.8) is 0 Å². The van der Waals surface area contributed by atoms with Crippen molar-refractivity contribution in [1.82, 2.24) is 0 Å². The number of hydrogen-bond donors (Lipinski definition) is 0. The minimum absolute atomic E-state index is 0. The van der Waals surface area contributed by atoms with Gasteiger partial charge in [0, 0.05) is 0 Å². The molecule has 0 saturated carbocycles. The fraction of sp³-hybridized carbons (Fsp3) is 1.00. The van der Waals surface area contributed by atoms with Gasteiger partial charge in [0.1, 0.15) is 0 Å². The van der Waals surface area contributed by atoms with E-state index in [9.17, 15) is 0 Å². The molecule has 0 aliphatic heterocycles. The molecule has 0 N–H and O–H groups in total. The molecule has 1 atom stereocenters. The molecule has 0 aromatic heterocycles. The fourth-order valence-electron chi connectivity index (χ4n) is 0.408. The number of rotatable bonds is 2. The predicted molar refractivity (Wildman–Crippen MR) is 41.2 cm³/mol. The summed E-state index contributed by atoms with van der Waals surface area (Å²) < 4.78 is 0. The molecule has 0 aromatic carbocycles. The first-order valence-corrected chi connectivity index (χ1v) is 4.12. The van der Waals surface area contributed by atoms with Gasteiger partial charge in [-0.2, -0.15) is 0 Å². The molecular formula is C5H14ClP. The Hall–Kier alpha value is 0.720. The van der Waals surface area contributed by atoms with E-state index < -0.39 is 0 Å². The van der Waals surface area contributed by atoms with E-state index >= 15 is 0 Å². The van der Waals surface area contributed by atoms with Crippen LogP contribution < -0.4 is 0 Å². The summed E-state index contributed by atoms with van der Waals surface area (Å²) in [5.74, 6) is 0.910. The second-order valence-electron chi connectivity index (χ2n) is 1.95. The van der Waals surface area contributed by atoms with Crippen LogP contribution >= 0.6 is 21.0 Å². The molecular weight excluding hydrogens is 126 g/mol. The van der Waals surface area contributed by atoms with Gasteiger partial charge in [0.05, 0.1) is 0 Å². The monoisotopic (exact) mass is 140 g/mol. The normalized spacial score (nSPS) is 10.3. The Morgan fingerprint density at radius 3 is 1.86 bits per heavy atom. The lowest BCUT2D eigenvalue weighted by molar-refractivity contribution is 0.748. The van der Waals surface area contributed by atoms with Crippen molar-refractivity contribution in [3.05, 3.63) is 0 Å². The van der Waals surface area contributed by atoms with Crippen LogP contribution in [0.4, 0.5) is 0 Å². The molecule has 0 spiro atoms. The molecule has 0 aliphatic carbocycles. The quantitative estimate of drug-likeness (QED) is 0.517. The smallest absolute Gasteiger partial charge is 0.0333 e. The number of halogens is 1. The summed E-state index contributed by atoms with van der Waals surface area (Å²) in [7, 11) is 1.14. The van der Waals surface area contributed by atoms with Crippen molar-refractivity contribution in [3.8, 4) is 0 Å². The molecule has 0 heterocycles. The summed E-state index contributed by atoms with van der Waals surface area (Å²) in [5, 5.41) is 0. The average Bonchev–Trinajstić information content (AvgIpc) is 1.35. The van der Waals surface area contributed by atoms with Crippen LogP contribution in [-0.4, -0.2) is 12.8 Å². The van der Waals surface area contributed by atoms with Crippen LogP contribution in [0.15, 0.2) is 0 Å². The van der Waals surface area contributed by atoms with Crippen LogP contribution in [0.1, 0.15) is 13.8 Å². The van der Waals surface area contributed by atoms with E-state index in [0.717, 1.165) is 14.5 Å². The van der Waals surface area contributed by atoms with Gasteiger partial charge < -0.3 is 0 Å². The second-order valence-corrected chi connectivity index (χ2v) is 3.07. The SMILES string of the molecule is CPCC(C)C.Cl. The van der Waals surface area contributed by atoms with Crippen LogP contribution in [0.2, 0.25) is 0 Å². The summed E-state index contributed by atoms with van der Waals surface area (Å²) in [5.41, 5.74) is 0. The maximum atomic E-state index is 2.26.